The number of carbonyl (C=O) groups is 1. The molecule has 0 unspecified atom stereocenters. The number of benzene rings is 3. The third kappa shape index (κ3) is 3.93. The summed E-state index contributed by atoms with van der Waals surface area (Å²) in [5.41, 5.74) is 2.06. The summed E-state index contributed by atoms with van der Waals surface area (Å²) in [7, 11) is 0. The average Bonchev–Trinajstić information content (AvgIpc) is 3.08. The lowest BCUT2D eigenvalue weighted by Gasteiger charge is -2.20. The summed E-state index contributed by atoms with van der Waals surface area (Å²) >= 11 is 12.2. The van der Waals surface area contributed by atoms with Crippen molar-refractivity contribution in [3.05, 3.63) is 92.4 Å². The van der Waals surface area contributed by atoms with Crippen LogP contribution in [0.1, 0.15) is 27.0 Å². The highest BCUT2D eigenvalue weighted by Gasteiger charge is 2.29. The summed E-state index contributed by atoms with van der Waals surface area (Å²) in [5, 5.41) is 0.774. The first-order chi connectivity index (χ1) is 15.5. The number of hydrogen-bond acceptors (Lipinski definition) is 5. The Labute approximate surface area is 192 Å². The van der Waals surface area contributed by atoms with E-state index in [-0.39, 0.29) is 35.5 Å². The van der Waals surface area contributed by atoms with Crippen LogP contribution < -0.4 is 14.2 Å². The van der Waals surface area contributed by atoms with Gasteiger partial charge in [0.15, 0.2) is 12.6 Å². The monoisotopic (exact) mass is 472 g/mol. The van der Waals surface area contributed by atoms with Gasteiger partial charge in [0.2, 0.25) is 5.78 Å². The summed E-state index contributed by atoms with van der Waals surface area (Å²) in [6.45, 7) is 0.426. The third-order valence-electron chi connectivity index (χ3n) is 5.08. The number of allylic oxidation sites excluding steroid dienone is 1. The fourth-order valence-corrected chi connectivity index (χ4v) is 4.01. The number of carbonyl (C=O) groups excluding carboxylic acids is 1. The van der Waals surface area contributed by atoms with Gasteiger partial charge in [0.1, 0.15) is 29.7 Å². The van der Waals surface area contributed by atoms with E-state index in [1.807, 2.05) is 0 Å². The predicted molar refractivity (Wildman–Crippen MR) is 117 cm³/mol. The summed E-state index contributed by atoms with van der Waals surface area (Å²) in [4.78, 5) is 12.8. The van der Waals surface area contributed by atoms with E-state index in [2.05, 4.69) is 0 Å². The number of ether oxygens (including phenoxy) is 4. The molecule has 0 fully saturated rings. The van der Waals surface area contributed by atoms with Gasteiger partial charge in [0.25, 0.3) is 0 Å². The molecule has 0 radical (unpaired) electrons. The number of fused-ring (bicyclic) bond motifs is 2. The Bertz CT molecular complexity index is 1250. The largest absolute Gasteiger partial charge is 0.489 e. The van der Waals surface area contributed by atoms with E-state index in [0.29, 0.717) is 40.0 Å². The number of Topliss-reactive ketones (excluding diaryl/α,β-unsaturated/α-hetero) is 1. The Morgan fingerprint density at radius 3 is 2.84 bits per heavy atom. The van der Waals surface area contributed by atoms with E-state index >= 15 is 0 Å². The minimum atomic E-state index is -0.451. The maximum Gasteiger partial charge on any atom is 0.231 e. The summed E-state index contributed by atoms with van der Waals surface area (Å²) in [5.74, 6) is 0.772. The van der Waals surface area contributed by atoms with Crippen molar-refractivity contribution in [2.24, 2.45) is 0 Å². The molecule has 8 heteroatoms. The zero-order valence-electron chi connectivity index (χ0n) is 16.5. The normalized spacial score (nSPS) is 15.7. The quantitative estimate of drug-likeness (QED) is 0.423. The van der Waals surface area contributed by atoms with Crippen molar-refractivity contribution in [1.29, 1.82) is 0 Å². The Morgan fingerprint density at radius 1 is 1.12 bits per heavy atom. The predicted octanol–water partition coefficient (Wildman–Crippen LogP) is 6.19. The first-order valence-electron chi connectivity index (χ1n) is 9.66. The molecule has 0 amide bonds. The second kappa shape index (κ2) is 8.47. The van der Waals surface area contributed by atoms with Crippen LogP contribution in [0, 0.1) is 5.82 Å². The molecule has 2 heterocycles. The minimum Gasteiger partial charge on any atom is -0.489 e. The van der Waals surface area contributed by atoms with Gasteiger partial charge in [0.05, 0.1) is 17.2 Å². The molecule has 0 saturated carbocycles. The Kier molecular flexibility index (Phi) is 5.51. The molecule has 0 atom stereocenters. The molecule has 5 rings (SSSR count). The lowest BCUT2D eigenvalue weighted by atomic mass is 10.1. The van der Waals surface area contributed by atoms with Crippen LogP contribution in [0.4, 0.5) is 4.39 Å². The lowest BCUT2D eigenvalue weighted by Crippen LogP contribution is -2.12. The fraction of sp³-hybridized carbons (Fsp3) is 0.125. The molecule has 0 saturated heterocycles. The first-order valence-corrected chi connectivity index (χ1v) is 10.4. The van der Waals surface area contributed by atoms with Crippen molar-refractivity contribution in [2.45, 2.75) is 13.2 Å². The molecule has 32 heavy (non-hydrogen) atoms. The standard InChI is InChI=1S/C24H15Cl2FO5/c25-15-6-13(24-14(7-15)10-29-12-31-24)8-22-23(28)17-5-4-16(9-21(17)32-22)30-11-18-19(26)2-1-3-20(18)27/h1-9H,10-12H2/b22-8-. The van der Waals surface area contributed by atoms with Crippen molar-refractivity contribution in [3.63, 3.8) is 0 Å². The van der Waals surface area contributed by atoms with E-state index in [1.54, 1.807) is 42.5 Å². The van der Waals surface area contributed by atoms with Gasteiger partial charge < -0.3 is 18.9 Å². The van der Waals surface area contributed by atoms with Gasteiger partial charge in [-0.3, -0.25) is 4.79 Å². The van der Waals surface area contributed by atoms with Gasteiger partial charge in [-0.2, -0.15) is 0 Å². The van der Waals surface area contributed by atoms with Gasteiger partial charge in [-0.15, -0.1) is 0 Å². The molecule has 3 aromatic carbocycles. The van der Waals surface area contributed by atoms with E-state index in [1.165, 1.54) is 12.1 Å². The molecule has 2 aliphatic heterocycles. The molecule has 0 aromatic heterocycles. The first kappa shape index (κ1) is 20.8. The highest BCUT2D eigenvalue weighted by molar-refractivity contribution is 6.31. The van der Waals surface area contributed by atoms with Crippen molar-refractivity contribution in [3.8, 4) is 17.2 Å². The third-order valence-corrected chi connectivity index (χ3v) is 5.65. The minimum absolute atomic E-state index is 0.0605. The van der Waals surface area contributed by atoms with Gasteiger partial charge in [-0.25, -0.2) is 4.39 Å². The molecule has 2 aliphatic rings. The van der Waals surface area contributed by atoms with Crippen molar-refractivity contribution in [1.82, 2.24) is 0 Å². The van der Waals surface area contributed by atoms with Crippen molar-refractivity contribution in [2.75, 3.05) is 6.79 Å². The zero-order chi connectivity index (χ0) is 22.2. The fourth-order valence-electron chi connectivity index (χ4n) is 3.54. The van der Waals surface area contributed by atoms with E-state index in [0.717, 1.165) is 5.56 Å². The van der Waals surface area contributed by atoms with Gasteiger partial charge in [0, 0.05) is 27.8 Å². The smallest absolute Gasteiger partial charge is 0.231 e. The van der Waals surface area contributed by atoms with E-state index < -0.39 is 5.82 Å². The molecule has 0 aliphatic carbocycles. The van der Waals surface area contributed by atoms with Crippen LogP contribution >= 0.6 is 23.2 Å². The Balaban J connectivity index is 1.39. The average molecular weight is 473 g/mol. The molecule has 162 valence electrons. The highest BCUT2D eigenvalue weighted by atomic mass is 35.5. The number of hydrogen-bond donors (Lipinski definition) is 0. The van der Waals surface area contributed by atoms with Crippen molar-refractivity contribution < 1.29 is 28.1 Å². The van der Waals surface area contributed by atoms with Crippen LogP contribution in [0.5, 0.6) is 17.2 Å². The zero-order valence-corrected chi connectivity index (χ0v) is 18.0. The SMILES string of the molecule is O=C1/C(=C/c2cc(Cl)cc3c2OCOC3)Oc2cc(OCc3c(F)cccc3Cl)ccc21. The summed E-state index contributed by atoms with van der Waals surface area (Å²) in [6.07, 6.45) is 1.60. The van der Waals surface area contributed by atoms with Crippen LogP contribution in [0.25, 0.3) is 6.08 Å². The molecule has 0 spiro atoms. The van der Waals surface area contributed by atoms with Crippen LogP contribution in [-0.4, -0.2) is 12.6 Å². The van der Waals surface area contributed by atoms with Gasteiger partial charge >= 0.3 is 0 Å². The maximum absolute atomic E-state index is 14.0. The van der Waals surface area contributed by atoms with E-state index in [9.17, 15) is 9.18 Å². The van der Waals surface area contributed by atoms with Crippen LogP contribution in [0.3, 0.4) is 0 Å². The second-order valence-corrected chi connectivity index (χ2v) is 8.02. The molecule has 0 bridgehead atoms. The maximum atomic E-state index is 14.0. The lowest BCUT2D eigenvalue weighted by molar-refractivity contribution is -0.0165. The van der Waals surface area contributed by atoms with Gasteiger partial charge in [-0.1, -0.05) is 29.3 Å². The van der Waals surface area contributed by atoms with Crippen LogP contribution in [-0.2, 0) is 18.0 Å². The van der Waals surface area contributed by atoms with Crippen LogP contribution in [0.2, 0.25) is 10.0 Å². The summed E-state index contributed by atoms with van der Waals surface area (Å²) < 4.78 is 36.3. The van der Waals surface area contributed by atoms with Gasteiger partial charge in [-0.05, 0) is 42.5 Å². The Hall–Kier alpha value is -3.06. The van der Waals surface area contributed by atoms with Crippen LogP contribution in [0.15, 0.2) is 54.3 Å². The Morgan fingerprint density at radius 2 is 2.00 bits per heavy atom. The topological polar surface area (TPSA) is 54.0 Å². The molecular formula is C24H15Cl2FO5. The van der Waals surface area contributed by atoms with Crippen molar-refractivity contribution >= 4 is 35.1 Å². The molecule has 3 aromatic rings. The number of rotatable bonds is 4. The number of ketones is 1. The summed E-state index contributed by atoms with van der Waals surface area (Å²) in [6, 6.07) is 12.7. The molecule has 0 N–H and O–H groups in total. The van der Waals surface area contributed by atoms with E-state index in [4.69, 9.17) is 42.1 Å². The highest BCUT2D eigenvalue weighted by Crippen LogP contribution is 2.38. The number of halogens is 3. The molecule has 5 nitrogen and oxygen atoms in total. The molecular weight excluding hydrogens is 458 g/mol. The second-order valence-electron chi connectivity index (χ2n) is 7.18.